The number of hydrogen-bond acceptors (Lipinski definition) is 3. The van der Waals surface area contributed by atoms with Crippen LogP contribution in [-0.2, 0) is 34.2 Å². The summed E-state index contributed by atoms with van der Waals surface area (Å²) >= 11 is 0. The van der Waals surface area contributed by atoms with Gasteiger partial charge < -0.3 is 5.32 Å². The van der Waals surface area contributed by atoms with Gasteiger partial charge in [0.05, 0.1) is 10.6 Å². The highest BCUT2D eigenvalue weighted by Gasteiger charge is 2.28. The minimum Gasteiger partial charge on any atom is -0.350 e. The summed E-state index contributed by atoms with van der Waals surface area (Å²) in [5.41, 5.74) is 5.78. The fourth-order valence-corrected chi connectivity index (χ4v) is 5.40. The summed E-state index contributed by atoms with van der Waals surface area (Å²) in [5.74, 6) is -0.349. The van der Waals surface area contributed by atoms with E-state index in [1.807, 2.05) is 26.0 Å². The van der Waals surface area contributed by atoms with Crippen molar-refractivity contribution in [1.82, 2.24) is 5.32 Å². The first kappa shape index (κ1) is 24.5. The molecule has 0 spiro atoms. The predicted octanol–water partition coefficient (Wildman–Crippen LogP) is 4.94. The number of anilines is 1. The van der Waals surface area contributed by atoms with E-state index in [0.29, 0.717) is 12.2 Å². The Kier molecular flexibility index (Phi) is 7.92. The maximum absolute atomic E-state index is 13.5. The first-order valence-corrected chi connectivity index (χ1v) is 12.7. The van der Waals surface area contributed by atoms with E-state index in [-0.39, 0.29) is 17.3 Å². The Labute approximate surface area is 197 Å². The van der Waals surface area contributed by atoms with Gasteiger partial charge in [0.1, 0.15) is 6.54 Å². The minimum atomic E-state index is -3.92. The summed E-state index contributed by atoms with van der Waals surface area (Å²) in [5, 5.41) is 2.93. The van der Waals surface area contributed by atoms with Crippen LogP contribution < -0.4 is 9.62 Å². The number of nitrogens with zero attached hydrogens (tertiary/aromatic N) is 1. The maximum Gasteiger partial charge on any atom is 0.264 e. The molecule has 0 heterocycles. The molecule has 1 N–H and O–H groups in total. The van der Waals surface area contributed by atoms with Crippen LogP contribution in [0.3, 0.4) is 0 Å². The number of benzene rings is 3. The van der Waals surface area contributed by atoms with Gasteiger partial charge in [-0.2, -0.15) is 0 Å². The Hall–Kier alpha value is -3.12. The molecule has 3 aromatic carbocycles. The van der Waals surface area contributed by atoms with Crippen molar-refractivity contribution in [3.05, 3.63) is 94.5 Å². The van der Waals surface area contributed by atoms with Crippen molar-refractivity contribution in [2.24, 2.45) is 0 Å². The normalized spacial score (nSPS) is 11.3. The van der Waals surface area contributed by atoms with Crippen LogP contribution in [0.15, 0.2) is 71.6 Å². The Morgan fingerprint density at radius 2 is 1.61 bits per heavy atom. The third-order valence-corrected chi connectivity index (χ3v) is 7.55. The highest BCUT2D eigenvalue weighted by molar-refractivity contribution is 7.92. The van der Waals surface area contributed by atoms with Gasteiger partial charge >= 0.3 is 0 Å². The number of carbonyl (C=O) groups is 1. The van der Waals surface area contributed by atoms with Gasteiger partial charge in [-0.15, -0.1) is 0 Å². The van der Waals surface area contributed by atoms with E-state index in [1.54, 1.807) is 36.4 Å². The number of carbonyl (C=O) groups excluding carboxylic acids is 1. The number of hydrogen-bond donors (Lipinski definition) is 1. The van der Waals surface area contributed by atoms with Crippen LogP contribution in [0, 0.1) is 13.8 Å². The van der Waals surface area contributed by atoms with Crippen molar-refractivity contribution < 1.29 is 13.2 Å². The molecule has 3 rings (SSSR count). The number of aryl methyl sites for hydroxylation is 4. The first-order chi connectivity index (χ1) is 15.8. The third-order valence-electron chi connectivity index (χ3n) is 5.78. The van der Waals surface area contributed by atoms with Gasteiger partial charge in [-0.25, -0.2) is 8.42 Å². The summed E-state index contributed by atoms with van der Waals surface area (Å²) in [6, 6.07) is 20.1. The standard InChI is InChI=1S/C27H32N2O3S/c1-5-22-13-14-23(6-2)24(17-22)18-28-27(30)19-29(26-15-12-20(3)16-21(26)4)33(31,32)25-10-8-7-9-11-25/h7-17H,5-6,18-19H2,1-4H3,(H,28,30). The van der Waals surface area contributed by atoms with Gasteiger partial charge in [-0.1, -0.05) is 67.9 Å². The predicted molar refractivity (Wildman–Crippen MR) is 134 cm³/mol. The number of amides is 1. The molecule has 1 amide bonds. The number of rotatable bonds is 9. The van der Waals surface area contributed by atoms with Crippen molar-refractivity contribution in [3.63, 3.8) is 0 Å². The second-order valence-corrected chi connectivity index (χ2v) is 10.1. The van der Waals surface area contributed by atoms with E-state index in [2.05, 4.69) is 37.4 Å². The molecule has 174 valence electrons. The monoisotopic (exact) mass is 464 g/mol. The van der Waals surface area contributed by atoms with Crippen molar-refractivity contribution in [1.29, 1.82) is 0 Å². The quantitative estimate of drug-likeness (QED) is 0.488. The molecule has 0 unspecified atom stereocenters. The largest absolute Gasteiger partial charge is 0.350 e. The minimum absolute atomic E-state index is 0.154. The van der Waals surface area contributed by atoms with Crippen LogP contribution in [-0.4, -0.2) is 20.9 Å². The van der Waals surface area contributed by atoms with Crippen LogP contribution in [0.5, 0.6) is 0 Å². The molecule has 0 fully saturated rings. The van der Waals surface area contributed by atoms with Gasteiger partial charge in [0.15, 0.2) is 0 Å². The second-order valence-electron chi connectivity index (χ2n) is 8.20. The molecule has 0 bridgehead atoms. The maximum atomic E-state index is 13.5. The third kappa shape index (κ3) is 5.82. The van der Waals surface area contributed by atoms with E-state index >= 15 is 0 Å². The Morgan fingerprint density at radius 3 is 2.24 bits per heavy atom. The Bertz CT molecular complexity index is 1220. The fraction of sp³-hybridized carbons (Fsp3) is 0.296. The SMILES string of the molecule is CCc1ccc(CC)c(CNC(=O)CN(c2ccc(C)cc2C)S(=O)(=O)c2ccccc2)c1. The van der Waals surface area contributed by atoms with Crippen molar-refractivity contribution in [3.8, 4) is 0 Å². The first-order valence-electron chi connectivity index (χ1n) is 11.3. The van der Waals surface area contributed by atoms with Crippen LogP contribution in [0.1, 0.15) is 41.7 Å². The molecule has 6 heteroatoms. The van der Waals surface area contributed by atoms with Crippen LogP contribution >= 0.6 is 0 Å². The summed E-state index contributed by atoms with van der Waals surface area (Å²) in [7, 11) is -3.92. The summed E-state index contributed by atoms with van der Waals surface area (Å²) < 4.78 is 28.2. The van der Waals surface area contributed by atoms with E-state index in [1.165, 1.54) is 15.4 Å². The fourth-order valence-electron chi connectivity index (χ4n) is 3.89. The van der Waals surface area contributed by atoms with Gasteiger partial charge in [-0.3, -0.25) is 9.10 Å². The molecule has 0 aliphatic rings. The molecule has 0 aliphatic carbocycles. The van der Waals surface area contributed by atoms with E-state index < -0.39 is 10.0 Å². The molecule has 0 saturated carbocycles. The highest BCUT2D eigenvalue weighted by atomic mass is 32.2. The zero-order chi connectivity index (χ0) is 24.0. The average Bonchev–Trinajstić information content (AvgIpc) is 2.82. The smallest absolute Gasteiger partial charge is 0.264 e. The molecule has 0 atom stereocenters. The molecule has 33 heavy (non-hydrogen) atoms. The Morgan fingerprint density at radius 1 is 0.879 bits per heavy atom. The summed E-state index contributed by atoms with van der Waals surface area (Å²) in [6.07, 6.45) is 1.78. The summed E-state index contributed by atoms with van der Waals surface area (Å²) in [6.45, 7) is 8.06. The van der Waals surface area contributed by atoms with Crippen molar-refractivity contribution >= 4 is 21.6 Å². The van der Waals surface area contributed by atoms with Crippen LogP contribution in [0.4, 0.5) is 5.69 Å². The van der Waals surface area contributed by atoms with Gasteiger partial charge in [0.2, 0.25) is 5.91 Å². The molecule has 0 aromatic heterocycles. The lowest BCUT2D eigenvalue weighted by Crippen LogP contribution is -2.41. The van der Waals surface area contributed by atoms with Crippen LogP contribution in [0.2, 0.25) is 0 Å². The number of nitrogens with one attached hydrogen (secondary N) is 1. The van der Waals surface area contributed by atoms with Crippen molar-refractivity contribution in [2.45, 2.75) is 52.0 Å². The zero-order valence-corrected chi connectivity index (χ0v) is 20.6. The lowest BCUT2D eigenvalue weighted by molar-refractivity contribution is -0.119. The molecule has 0 saturated heterocycles. The van der Waals surface area contributed by atoms with E-state index in [4.69, 9.17) is 0 Å². The topological polar surface area (TPSA) is 66.5 Å². The Balaban J connectivity index is 1.89. The van der Waals surface area contributed by atoms with Gasteiger partial charge in [-0.05, 0) is 67.1 Å². The molecule has 5 nitrogen and oxygen atoms in total. The van der Waals surface area contributed by atoms with Crippen LogP contribution in [0.25, 0.3) is 0 Å². The highest BCUT2D eigenvalue weighted by Crippen LogP contribution is 2.27. The molecule has 0 aliphatic heterocycles. The molecule has 3 aromatic rings. The zero-order valence-electron chi connectivity index (χ0n) is 19.8. The average molecular weight is 465 g/mol. The van der Waals surface area contributed by atoms with Crippen molar-refractivity contribution in [2.75, 3.05) is 10.8 Å². The lowest BCUT2D eigenvalue weighted by Gasteiger charge is -2.26. The molecular weight excluding hydrogens is 432 g/mol. The van der Waals surface area contributed by atoms with E-state index in [0.717, 1.165) is 29.5 Å². The molecule has 0 radical (unpaired) electrons. The van der Waals surface area contributed by atoms with E-state index in [9.17, 15) is 13.2 Å². The van der Waals surface area contributed by atoms with Gasteiger partial charge in [0, 0.05) is 6.54 Å². The second kappa shape index (κ2) is 10.7. The summed E-state index contributed by atoms with van der Waals surface area (Å²) in [4.78, 5) is 13.1. The number of sulfonamides is 1. The van der Waals surface area contributed by atoms with Gasteiger partial charge in [0.25, 0.3) is 10.0 Å². The molecular formula is C27H32N2O3S. The lowest BCUT2D eigenvalue weighted by atomic mass is 10.0.